The Morgan fingerprint density at radius 1 is 1.00 bits per heavy atom. The molecule has 0 bridgehead atoms. The first kappa shape index (κ1) is 21.2. The molecule has 0 radical (unpaired) electrons. The topological polar surface area (TPSA) is 59.4 Å². The third-order valence-electron chi connectivity index (χ3n) is 5.89. The van der Waals surface area contributed by atoms with E-state index in [0.29, 0.717) is 10.6 Å². The summed E-state index contributed by atoms with van der Waals surface area (Å²) in [5.41, 5.74) is 6.11. The minimum Gasteiger partial charge on any atom is -0.508 e. The number of carbonyl (C=O) groups is 1. The van der Waals surface area contributed by atoms with Crippen molar-refractivity contribution >= 4 is 40.1 Å². The van der Waals surface area contributed by atoms with E-state index in [4.69, 9.17) is 21.3 Å². The molecule has 0 atom stereocenters. The van der Waals surface area contributed by atoms with Crippen molar-refractivity contribution in [3.63, 3.8) is 0 Å². The second kappa shape index (κ2) is 9.08. The second-order valence-electron chi connectivity index (χ2n) is 8.15. The SMILES string of the molecule is O=C(OCc1ccc(Cl)cc1)c1c2c(nc3ccccc13)C(=Cc1ccc(O)cc1)CCC2. The first-order valence-corrected chi connectivity index (χ1v) is 11.3. The molecular weight excluding hydrogens is 434 g/mol. The van der Waals surface area contributed by atoms with Crippen molar-refractivity contribution in [2.45, 2.75) is 25.9 Å². The van der Waals surface area contributed by atoms with Crippen LogP contribution in [0.15, 0.2) is 72.8 Å². The molecule has 0 amide bonds. The first-order valence-electron chi connectivity index (χ1n) is 10.9. The molecule has 5 heteroatoms. The average molecular weight is 456 g/mol. The van der Waals surface area contributed by atoms with Gasteiger partial charge in [0.05, 0.1) is 16.8 Å². The maximum Gasteiger partial charge on any atom is 0.339 e. The van der Waals surface area contributed by atoms with Crippen molar-refractivity contribution in [3.05, 3.63) is 106 Å². The number of phenolic OH excluding ortho intramolecular Hbond substituents is 1. The molecule has 0 unspecified atom stereocenters. The van der Waals surface area contributed by atoms with Crippen LogP contribution in [-0.4, -0.2) is 16.1 Å². The molecular formula is C28H22ClNO3. The number of aromatic nitrogens is 1. The zero-order valence-electron chi connectivity index (χ0n) is 17.9. The number of aromatic hydroxyl groups is 1. The highest BCUT2D eigenvalue weighted by molar-refractivity contribution is 6.30. The number of ether oxygens (including phenoxy) is 1. The summed E-state index contributed by atoms with van der Waals surface area (Å²) in [7, 11) is 0. The number of nitrogens with zero attached hydrogens (tertiary/aromatic N) is 1. The lowest BCUT2D eigenvalue weighted by Crippen LogP contribution is -2.15. The summed E-state index contributed by atoms with van der Waals surface area (Å²) < 4.78 is 5.74. The molecule has 1 aromatic heterocycles. The number of phenols is 1. The van der Waals surface area contributed by atoms with Crippen molar-refractivity contribution in [1.82, 2.24) is 4.98 Å². The standard InChI is InChI=1S/C28H22ClNO3/c29-21-12-8-19(9-13-21)17-33-28(32)26-23-5-1-2-7-25(23)30-27-20(4-3-6-24(26)27)16-18-10-14-22(31)15-11-18/h1-2,5,7-16,31H,3-4,6,17H2. The predicted octanol–water partition coefficient (Wildman–Crippen LogP) is 6.83. The molecule has 1 aliphatic rings. The van der Waals surface area contributed by atoms with Gasteiger partial charge in [0, 0.05) is 10.4 Å². The van der Waals surface area contributed by atoms with Crippen LogP contribution in [-0.2, 0) is 17.8 Å². The maximum absolute atomic E-state index is 13.4. The number of carbonyl (C=O) groups excluding carboxylic acids is 1. The molecule has 164 valence electrons. The van der Waals surface area contributed by atoms with Crippen molar-refractivity contribution < 1.29 is 14.6 Å². The lowest BCUT2D eigenvalue weighted by atomic mass is 9.86. The molecule has 4 nitrogen and oxygen atoms in total. The summed E-state index contributed by atoms with van der Waals surface area (Å²) >= 11 is 5.96. The first-order chi connectivity index (χ1) is 16.1. The van der Waals surface area contributed by atoms with Gasteiger partial charge in [0.25, 0.3) is 0 Å². The third-order valence-corrected chi connectivity index (χ3v) is 6.14. The van der Waals surface area contributed by atoms with Gasteiger partial charge < -0.3 is 9.84 Å². The number of benzene rings is 3. The number of halogens is 1. The number of esters is 1. The fourth-order valence-corrected chi connectivity index (χ4v) is 4.41. The number of allylic oxidation sites excluding steroid dienone is 1. The van der Waals surface area contributed by atoms with Crippen LogP contribution in [0.2, 0.25) is 5.02 Å². The molecule has 3 aromatic carbocycles. The summed E-state index contributed by atoms with van der Waals surface area (Å²) in [6, 6.07) is 22.1. The maximum atomic E-state index is 13.4. The number of pyridine rings is 1. The van der Waals surface area contributed by atoms with E-state index in [2.05, 4.69) is 6.08 Å². The van der Waals surface area contributed by atoms with E-state index in [1.165, 1.54) is 0 Å². The zero-order chi connectivity index (χ0) is 22.8. The molecule has 5 rings (SSSR count). The molecule has 0 saturated carbocycles. The lowest BCUT2D eigenvalue weighted by Gasteiger charge is -2.22. The Hall–Kier alpha value is -3.63. The minimum atomic E-state index is -0.342. The monoisotopic (exact) mass is 455 g/mol. The molecule has 1 aliphatic carbocycles. The molecule has 0 spiro atoms. The third kappa shape index (κ3) is 4.48. The molecule has 0 aliphatic heterocycles. The van der Waals surface area contributed by atoms with Gasteiger partial charge in [-0.2, -0.15) is 0 Å². The Labute approximate surface area is 197 Å². The van der Waals surface area contributed by atoms with E-state index in [1.54, 1.807) is 24.3 Å². The smallest absolute Gasteiger partial charge is 0.339 e. The van der Waals surface area contributed by atoms with Gasteiger partial charge in [-0.25, -0.2) is 9.78 Å². The Kier molecular flexibility index (Phi) is 5.84. The second-order valence-corrected chi connectivity index (χ2v) is 8.58. The van der Waals surface area contributed by atoms with Crippen LogP contribution in [0, 0.1) is 0 Å². The number of hydrogen-bond donors (Lipinski definition) is 1. The Morgan fingerprint density at radius 2 is 1.76 bits per heavy atom. The summed E-state index contributed by atoms with van der Waals surface area (Å²) in [5, 5.41) is 11.0. The van der Waals surface area contributed by atoms with Gasteiger partial charge in [-0.1, -0.05) is 54.1 Å². The van der Waals surface area contributed by atoms with Crippen LogP contribution in [0.5, 0.6) is 5.75 Å². The minimum absolute atomic E-state index is 0.178. The van der Waals surface area contributed by atoms with Gasteiger partial charge in [-0.05, 0) is 77.9 Å². The quantitative estimate of drug-likeness (QED) is 0.343. The Balaban J connectivity index is 1.56. The summed E-state index contributed by atoms with van der Waals surface area (Å²) in [4.78, 5) is 18.3. The van der Waals surface area contributed by atoms with Crippen LogP contribution >= 0.6 is 11.6 Å². The van der Waals surface area contributed by atoms with Gasteiger partial charge in [0.1, 0.15) is 12.4 Å². The predicted molar refractivity (Wildman–Crippen MR) is 131 cm³/mol. The van der Waals surface area contributed by atoms with Crippen molar-refractivity contribution in [2.75, 3.05) is 0 Å². The average Bonchev–Trinajstić information content (AvgIpc) is 2.84. The van der Waals surface area contributed by atoms with Crippen LogP contribution in [0.25, 0.3) is 22.6 Å². The highest BCUT2D eigenvalue weighted by atomic mass is 35.5. The van der Waals surface area contributed by atoms with Crippen molar-refractivity contribution in [2.24, 2.45) is 0 Å². The van der Waals surface area contributed by atoms with Crippen LogP contribution in [0.1, 0.15) is 45.6 Å². The number of para-hydroxylation sites is 1. The zero-order valence-corrected chi connectivity index (χ0v) is 18.7. The molecule has 33 heavy (non-hydrogen) atoms. The van der Waals surface area contributed by atoms with Crippen LogP contribution in [0.3, 0.4) is 0 Å². The highest BCUT2D eigenvalue weighted by Crippen LogP contribution is 2.36. The van der Waals surface area contributed by atoms with E-state index in [0.717, 1.165) is 58.1 Å². The fourth-order valence-electron chi connectivity index (χ4n) is 4.28. The normalized spacial score (nSPS) is 14.3. The largest absolute Gasteiger partial charge is 0.508 e. The number of hydrogen-bond acceptors (Lipinski definition) is 4. The van der Waals surface area contributed by atoms with Crippen LogP contribution < -0.4 is 0 Å². The molecule has 0 fully saturated rings. The van der Waals surface area contributed by atoms with E-state index >= 15 is 0 Å². The van der Waals surface area contributed by atoms with Gasteiger partial charge in [0.2, 0.25) is 0 Å². The Morgan fingerprint density at radius 3 is 2.55 bits per heavy atom. The fraction of sp³-hybridized carbons (Fsp3) is 0.143. The van der Waals surface area contributed by atoms with Gasteiger partial charge >= 0.3 is 5.97 Å². The van der Waals surface area contributed by atoms with Crippen molar-refractivity contribution in [3.8, 4) is 5.75 Å². The van der Waals surface area contributed by atoms with E-state index < -0.39 is 0 Å². The summed E-state index contributed by atoms with van der Waals surface area (Å²) in [5.74, 6) is -0.110. The van der Waals surface area contributed by atoms with Gasteiger partial charge in [-0.15, -0.1) is 0 Å². The molecule has 1 N–H and O–H groups in total. The van der Waals surface area contributed by atoms with Gasteiger partial charge in [-0.3, -0.25) is 0 Å². The van der Waals surface area contributed by atoms with Crippen molar-refractivity contribution in [1.29, 1.82) is 0 Å². The molecule has 1 heterocycles. The van der Waals surface area contributed by atoms with E-state index in [1.807, 2.05) is 48.5 Å². The molecule has 4 aromatic rings. The summed E-state index contributed by atoms with van der Waals surface area (Å²) in [6.07, 6.45) is 4.65. The Bertz CT molecular complexity index is 1360. The number of rotatable bonds is 4. The number of fused-ring (bicyclic) bond motifs is 2. The molecule has 0 saturated heterocycles. The summed E-state index contributed by atoms with van der Waals surface area (Å²) in [6.45, 7) is 0.178. The lowest BCUT2D eigenvalue weighted by molar-refractivity contribution is 0.0473. The van der Waals surface area contributed by atoms with Crippen LogP contribution in [0.4, 0.5) is 0 Å². The van der Waals surface area contributed by atoms with E-state index in [9.17, 15) is 9.90 Å². The van der Waals surface area contributed by atoms with E-state index in [-0.39, 0.29) is 18.3 Å². The van der Waals surface area contributed by atoms with Gasteiger partial charge in [0.15, 0.2) is 0 Å². The highest BCUT2D eigenvalue weighted by Gasteiger charge is 2.26.